The van der Waals surface area contributed by atoms with Crippen molar-refractivity contribution in [1.82, 2.24) is 4.90 Å². The van der Waals surface area contributed by atoms with Crippen LogP contribution in [0.5, 0.6) is 0 Å². The number of carbonyl (C=O) groups is 2. The molecule has 6 nitrogen and oxygen atoms in total. The van der Waals surface area contributed by atoms with Gasteiger partial charge in [0, 0.05) is 6.54 Å². The van der Waals surface area contributed by atoms with E-state index in [0.717, 1.165) is 5.76 Å². The van der Waals surface area contributed by atoms with E-state index in [0.29, 0.717) is 12.3 Å². The SMILES string of the molecule is CCN(C(=O)c1ccc(CSC)o1)C1COCC1C(=O)O. The van der Waals surface area contributed by atoms with Gasteiger partial charge in [0.1, 0.15) is 11.7 Å². The predicted octanol–water partition coefficient (Wildman–Crippen LogP) is 1.70. The van der Waals surface area contributed by atoms with Gasteiger partial charge in [0.2, 0.25) is 0 Å². The monoisotopic (exact) mass is 313 g/mol. The topological polar surface area (TPSA) is 80.0 Å². The average molecular weight is 313 g/mol. The lowest BCUT2D eigenvalue weighted by molar-refractivity contribution is -0.142. The van der Waals surface area contributed by atoms with Crippen molar-refractivity contribution in [2.24, 2.45) is 5.92 Å². The molecule has 2 rings (SSSR count). The van der Waals surface area contributed by atoms with Gasteiger partial charge in [-0.05, 0) is 25.3 Å². The molecule has 2 atom stereocenters. The molecule has 2 heterocycles. The summed E-state index contributed by atoms with van der Waals surface area (Å²) in [4.78, 5) is 25.3. The highest BCUT2D eigenvalue weighted by molar-refractivity contribution is 7.97. The largest absolute Gasteiger partial charge is 0.481 e. The second-order valence-corrected chi connectivity index (χ2v) is 5.71. The lowest BCUT2D eigenvalue weighted by Crippen LogP contribution is -2.46. The van der Waals surface area contributed by atoms with Crippen molar-refractivity contribution in [2.75, 3.05) is 26.0 Å². The van der Waals surface area contributed by atoms with Gasteiger partial charge < -0.3 is 19.2 Å². The van der Waals surface area contributed by atoms with E-state index < -0.39 is 17.9 Å². The number of rotatable bonds is 6. The first-order valence-corrected chi connectivity index (χ1v) is 8.17. The summed E-state index contributed by atoms with van der Waals surface area (Å²) >= 11 is 1.61. The zero-order valence-corrected chi connectivity index (χ0v) is 12.9. The summed E-state index contributed by atoms with van der Waals surface area (Å²) < 4.78 is 10.8. The van der Waals surface area contributed by atoms with Gasteiger partial charge >= 0.3 is 5.97 Å². The number of amides is 1. The molecule has 0 saturated carbocycles. The molecular weight excluding hydrogens is 294 g/mol. The van der Waals surface area contributed by atoms with Crippen molar-refractivity contribution < 1.29 is 23.8 Å². The third-order valence-corrected chi connectivity index (χ3v) is 4.10. The van der Waals surface area contributed by atoms with Crippen LogP contribution in [-0.4, -0.2) is 53.9 Å². The number of hydrogen-bond donors (Lipinski definition) is 1. The van der Waals surface area contributed by atoms with Crippen LogP contribution in [0.25, 0.3) is 0 Å². The van der Waals surface area contributed by atoms with E-state index in [-0.39, 0.29) is 24.9 Å². The molecular formula is C14H19NO5S. The molecule has 0 aromatic carbocycles. The maximum Gasteiger partial charge on any atom is 0.311 e. The van der Waals surface area contributed by atoms with Crippen LogP contribution < -0.4 is 0 Å². The van der Waals surface area contributed by atoms with Crippen LogP contribution in [0.2, 0.25) is 0 Å². The number of furan rings is 1. The molecule has 1 saturated heterocycles. The maximum atomic E-state index is 12.5. The number of ether oxygens (including phenoxy) is 1. The van der Waals surface area contributed by atoms with Crippen molar-refractivity contribution >= 4 is 23.6 Å². The molecule has 0 aliphatic carbocycles. The van der Waals surface area contributed by atoms with Gasteiger partial charge in [-0.2, -0.15) is 11.8 Å². The van der Waals surface area contributed by atoms with E-state index in [1.165, 1.54) is 4.90 Å². The fourth-order valence-corrected chi connectivity index (χ4v) is 2.91. The molecule has 1 aromatic heterocycles. The number of nitrogens with zero attached hydrogens (tertiary/aromatic N) is 1. The van der Waals surface area contributed by atoms with Crippen LogP contribution in [0.4, 0.5) is 0 Å². The van der Waals surface area contributed by atoms with Crippen molar-refractivity contribution in [3.8, 4) is 0 Å². The van der Waals surface area contributed by atoms with E-state index in [4.69, 9.17) is 9.15 Å². The molecule has 0 spiro atoms. The number of carboxylic acids is 1. The van der Waals surface area contributed by atoms with E-state index in [2.05, 4.69) is 0 Å². The second-order valence-electron chi connectivity index (χ2n) is 4.84. The number of hydrogen-bond acceptors (Lipinski definition) is 5. The third kappa shape index (κ3) is 3.41. The Morgan fingerprint density at radius 2 is 2.19 bits per heavy atom. The standard InChI is InChI=1S/C14H19NO5S/c1-3-15(11-7-19-6-10(11)14(17)18)13(16)12-5-4-9(20-12)8-21-2/h4-5,10-11H,3,6-8H2,1-2H3,(H,17,18). The lowest BCUT2D eigenvalue weighted by Gasteiger charge is -2.28. The van der Waals surface area contributed by atoms with E-state index >= 15 is 0 Å². The highest BCUT2D eigenvalue weighted by atomic mass is 32.2. The van der Waals surface area contributed by atoms with Crippen LogP contribution in [0.3, 0.4) is 0 Å². The Bertz CT molecular complexity index is 515. The lowest BCUT2D eigenvalue weighted by atomic mass is 10.0. The molecule has 1 fully saturated rings. The minimum absolute atomic E-state index is 0.139. The van der Waals surface area contributed by atoms with E-state index in [1.54, 1.807) is 23.9 Å². The minimum Gasteiger partial charge on any atom is -0.481 e. The molecule has 2 unspecified atom stereocenters. The first-order valence-electron chi connectivity index (χ1n) is 6.77. The Kier molecular flexibility index (Phi) is 5.30. The van der Waals surface area contributed by atoms with Crippen molar-refractivity contribution in [2.45, 2.75) is 18.7 Å². The van der Waals surface area contributed by atoms with Crippen molar-refractivity contribution in [3.05, 3.63) is 23.7 Å². The van der Waals surface area contributed by atoms with Gasteiger partial charge in [0.05, 0.1) is 25.0 Å². The molecule has 1 amide bonds. The zero-order valence-electron chi connectivity index (χ0n) is 12.1. The summed E-state index contributed by atoms with van der Waals surface area (Å²) in [6.45, 7) is 2.62. The van der Waals surface area contributed by atoms with Gasteiger partial charge in [-0.25, -0.2) is 0 Å². The first-order chi connectivity index (χ1) is 10.1. The van der Waals surface area contributed by atoms with Gasteiger partial charge in [0.25, 0.3) is 5.91 Å². The first kappa shape index (κ1) is 15.9. The van der Waals surface area contributed by atoms with Gasteiger partial charge in [0.15, 0.2) is 5.76 Å². The fourth-order valence-electron chi connectivity index (χ4n) is 2.47. The van der Waals surface area contributed by atoms with E-state index in [1.807, 2.05) is 13.2 Å². The summed E-state index contributed by atoms with van der Waals surface area (Å²) in [6.07, 6.45) is 1.95. The second kappa shape index (κ2) is 7.00. The summed E-state index contributed by atoms with van der Waals surface area (Å²) in [6, 6.07) is 2.97. The Morgan fingerprint density at radius 3 is 2.81 bits per heavy atom. The zero-order chi connectivity index (χ0) is 15.4. The molecule has 1 aliphatic rings. The highest BCUT2D eigenvalue weighted by Gasteiger charge is 2.40. The number of carbonyl (C=O) groups excluding carboxylic acids is 1. The number of thioether (sulfide) groups is 1. The molecule has 0 bridgehead atoms. The van der Waals surface area contributed by atoms with Crippen LogP contribution in [-0.2, 0) is 15.3 Å². The quantitative estimate of drug-likeness (QED) is 0.861. The van der Waals surface area contributed by atoms with Crippen molar-refractivity contribution in [1.29, 1.82) is 0 Å². The van der Waals surface area contributed by atoms with Crippen LogP contribution >= 0.6 is 11.8 Å². The van der Waals surface area contributed by atoms with Gasteiger partial charge in [-0.3, -0.25) is 9.59 Å². The Labute approximate surface area is 127 Å². The normalized spacial score (nSPS) is 21.4. The third-order valence-electron chi connectivity index (χ3n) is 3.53. The fraction of sp³-hybridized carbons (Fsp3) is 0.571. The molecule has 7 heteroatoms. The minimum atomic E-state index is -0.939. The van der Waals surface area contributed by atoms with Crippen LogP contribution in [0.15, 0.2) is 16.5 Å². The van der Waals surface area contributed by atoms with Crippen molar-refractivity contribution in [3.63, 3.8) is 0 Å². The Hall–Kier alpha value is -1.47. The Morgan fingerprint density at radius 1 is 1.43 bits per heavy atom. The molecule has 1 aromatic rings. The maximum absolute atomic E-state index is 12.5. The predicted molar refractivity (Wildman–Crippen MR) is 78.4 cm³/mol. The molecule has 21 heavy (non-hydrogen) atoms. The average Bonchev–Trinajstić information content (AvgIpc) is 3.09. The van der Waals surface area contributed by atoms with Gasteiger partial charge in [-0.1, -0.05) is 0 Å². The van der Waals surface area contributed by atoms with Crippen LogP contribution in [0, 0.1) is 5.92 Å². The smallest absolute Gasteiger partial charge is 0.311 e. The molecule has 0 radical (unpaired) electrons. The summed E-state index contributed by atoms with van der Waals surface area (Å²) in [7, 11) is 0. The molecule has 1 N–H and O–H groups in total. The Balaban J connectivity index is 2.15. The summed E-state index contributed by atoms with van der Waals surface area (Å²) in [5.74, 6) is -0.229. The number of carboxylic acid groups (broad SMARTS) is 1. The number of likely N-dealkylation sites (N-methyl/N-ethyl adjacent to an activating group) is 1. The van der Waals surface area contributed by atoms with Gasteiger partial charge in [-0.15, -0.1) is 0 Å². The van der Waals surface area contributed by atoms with E-state index in [9.17, 15) is 14.7 Å². The molecule has 1 aliphatic heterocycles. The molecule has 116 valence electrons. The van der Waals surface area contributed by atoms with Crippen LogP contribution in [0.1, 0.15) is 23.2 Å². The highest BCUT2D eigenvalue weighted by Crippen LogP contribution is 2.23. The number of aliphatic carboxylic acids is 1. The summed E-state index contributed by atoms with van der Waals surface area (Å²) in [5.41, 5.74) is 0. The summed E-state index contributed by atoms with van der Waals surface area (Å²) in [5, 5.41) is 9.21.